The molecule has 2 N–H and O–H groups in total. The molecular formula is C21H24N4O8S2. The predicted octanol–water partition coefficient (Wildman–Crippen LogP) is 1.59. The van der Waals surface area contributed by atoms with E-state index < -0.39 is 46.8 Å². The maximum absolute atomic E-state index is 12.9. The van der Waals surface area contributed by atoms with E-state index in [1.807, 2.05) is 13.8 Å². The summed E-state index contributed by atoms with van der Waals surface area (Å²) in [6.07, 6.45) is 0. The van der Waals surface area contributed by atoms with E-state index in [0.717, 1.165) is 25.3 Å². The fourth-order valence-electron chi connectivity index (χ4n) is 2.46. The second-order valence-corrected chi connectivity index (χ2v) is 11.3. The molecule has 0 saturated carbocycles. The zero-order valence-electron chi connectivity index (χ0n) is 19.3. The number of carbonyl (C=O) groups is 2. The van der Waals surface area contributed by atoms with E-state index in [0.29, 0.717) is 11.4 Å². The molecule has 0 bridgehead atoms. The van der Waals surface area contributed by atoms with E-state index in [2.05, 4.69) is 30.5 Å². The lowest BCUT2D eigenvalue weighted by Crippen LogP contribution is -2.36. The lowest BCUT2D eigenvalue weighted by molar-refractivity contribution is -0.133. The summed E-state index contributed by atoms with van der Waals surface area (Å²) in [4.78, 5) is 24.2. The standard InChI is InChI=1S/C21H24N4O8S2/c1-14-5-9-16(10-6-14)22-24-18(20(26)32-3)34(28,29)13-35(30,31)19(21(27)33-4)25-23-17-11-7-15(2)8-12-17/h5-12,22-23H,13H2,1-4H3/b24-18+,25-19+. The van der Waals surface area contributed by atoms with E-state index in [-0.39, 0.29) is 0 Å². The second kappa shape index (κ2) is 11.6. The van der Waals surface area contributed by atoms with Crippen LogP contribution in [-0.2, 0) is 38.7 Å². The molecule has 0 atom stereocenters. The van der Waals surface area contributed by atoms with E-state index in [4.69, 9.17) is 0 Å². The normalized spacial score (nSPS) is 12.6. The van der Waals surface area contributed by atoms with Crippen molar-refractivity contribution in [2.45, 2.75) is 13.8 Å². The molecule has 0 aromatic heterocycles. The van der Waals surface area contributed by atoms with Crippen molar-refractivity contribution in [3.05, 3.63) is 59.7 Å². The highest BCUT2D eigenvalue weighted by molar-refractivity contribution is 8.23. The number of ether oxygens (including phenoxy) is 2. The first-order valence-electron chi connectivity index (χ1n) is 9.82. The van der Waals surface area contributed by atoms with Crippen LogP contribution in [0, 0.1) is 13.8 Å². The zero-order valence-corrected chi connectivity index (χ0v) is 20.9. The van der Waals surface area contributed by atoms with Gasteiger partial charge in [-0.15, -0.1) is 0 Å². The van der Waals surface area contributed by atoms with Gasteiger partial charge in [0.1, 0.15) is 0 Å². The van der Waals surface area contributed by atoms with Crippen LogP contribution in [0.4, 0.5) is 11.4 Å². The van der Waals surface area contributed by atoms with Crippen molar-refractivity contribution in [1.82, 2.24) is 0 Å². The summed E-state index contributed by atoms with van der Waals surface area (Å²) in [7, 11) is -8.07. The van der Waals surface area contributed by atoms with Gasteiger partial charge in [0.25, 0.3) is 10.1 Å². The Labute approximate surface area is 202 Å². The number of methoxy groups -OCH3 is 2. The number of sulfone groups is 2. The molecule has 0 radical (unpaired) electrons. The summed E-state index contributed by atoms with van der Waals surface area (Å²) < 4.78 is 60.4. The maximum atomic E-state index is 12.9. The zero-order chi connectivity index (χ0) is 26.2. The van der Waals surface area contributed by atoms with Crippen LogP contribution in [0.2, 0.25) is 0 Å². The molecule has 0 aliphatic carbocycles. The van der Waals surface area contributed by atoms with Gasteiger partial charge in [-0.3, -0.25) is 10.9 Å². The first-order valence-corrected chi connectivity index (χ1v) is 13.1. The fraction of sp³-hybridized carbons (Fsp3) is 0.238. The highest BCUT2D eigenvalue weighted by Crippen LogP contribution is 2.13. The molecule has 188 valence electrons. The van der Waals surface area contributed by atoms with Crippen molar-refractivity contribution in [3.8, 4) is 0 Å². The molecule has 0 fully saturated rings. The van der Waals surface area contributed by atoms with Gasteiger partial charge in [-0.05, 0) is 38.1 Å². The van der Waals surface area contributed by atoms with E-state index in [1.54, 1.807) is 48.5 Å². The van der Waals surface area contributed by atoms with E-state index >= 15 is 0 Å². The Hall–Kier alpha value is -3.78. The van der Waals surface area contributed by atoms with Crippen LogP contribution in [-0.4, -0.2) is 58.2 Å². The van der Waals surface area contributed by atoms with Crippen molar-refractivity contribution in [2.75, 3.05) is 30.2 Å². The average Bonchev–Trinajstić information content (AvgIpc) is 2.80. The molecule has 0 unspecified atom stereocenters. The Balaban J connectivity index is 2.40. The van der Waals surface area contributed by atoms with Crippen LogP contribution < -0.4 is 10.9 Å². The van der Waals surface area contributed by atoms with Crippen LogP contribution in [0.1, 0.15) is 11.1 Å². The number of hydrogen-bond donors (Lipinski definition) is 2. The molecule has 12 nitrogen and oxygen atoms in total. The summed E-state index contributed by atoms with van der Waals surface area (Å²) in [5.41, 5.74) is 7.23. The van der Waals surface area contributed by atoms with Crippen molar-refractivity contribution >= 4 is 53.1 Å². The Kier molecular flexibility index (Phi) is 9.08. The molecule has 0 aliphatic heterocycles. The molecule has 2 rings (SSSR count). The monoisotopic (exact) mass is 524 g/mol. The summed E-state index contributed by atoms with van der Waals surface area (Å²) in [6.45, 7) is 3.66. The minimum absolute atomic E-state index is 0.328. The summed E-state index contributed by atoms with van der Waals surface area (Å²) in [6, 6.07) is 13.1. The van der Waals surface area contributed by atoms with Gasteiger partial charge in [-0.25, -0.2) is 26.4 Å². The predicted molar refractivity (Wildman–Crippen MR) is 131 cm³/mol. The second-order valence-electron chi connectivity index (χ2n) is 7.12. The van der Waals surface area contributed by atoms with Crippen molar-refractivity contribution in [2.24, 2.45) is 10.2 Å². The van der Waals surface area contributed by atoms with Crippen LogP contribution in [0.15, 0.2) is 58.7 Å². The Morgan fingerprint density at radius 2 is 1.00 bits per heavy atom. The highest BCUT2D eigenvalue weighted by Gasteiger charge is 2.39. The first-order chi connectivity index (χ1) is 16.4. The number of aryl methyl sites for hydroxylation is 2. The minimum atomic E-state index is -4.94. The number of rotatable bonds is 6. The highest BCUT2D eigenvalue weighted by atomic mass is 32.3. The molecular weight excluding hydrogens is 500 g/mol. The molecule has 35 heavy (non-hydrogen) atoms. The van der Waals surface area contributed by atoms with Gasteiger partial charge in [0, 0.05) is 0 Å². The Bertz CT molecular complexity index is 1240. The van der Waals surface area contributed by atoms with Crippen molar-refractivity contribution in [1.29, 1.82) is 0 Å². The quantitative estimate of drug-likeness (QED) is 0.245. The lowest BCUT2D eigenvalue weighted by Gasteiger charge is -2.10. The van der Waals surface area contributed by atoms with Gasteiger partial charge >= 0.3 is 11.9 Å². The third-order valence-corrected chi connectivity index (χ3v) is 8.47. The number of nitrogens with zero attached hydrogens (tertiary/aromatic N) is 2. The van der Waals surface area contributed by atoms with Gasteiger partial charge in [-0.1, -0.05) is 35.4 Å². The summed E-state index contributed by atoms with van der Waals surface area (Å²) in [5, 5.41) is 2.97. The van der Waals surface area contributed by atoms with Crippen LogP contribution >= 0.6 is 0 Å². The fourth-order valence-corrected chi connectivity index (χ4v) is 6.03. The molecule has 0 heterocycles. The van der Waals surface area contributed by atoms with Crippen LogP contribution in [0.25, 0.3) is 0 Å². The third kappa shape index (κ3) is 7.61. The van der Waals surface area contributed by atoms with E-state index in [9.17, 15) is 26.4 Å². The molecule has 0 spiro atoms. The lowest BCUT2D eigenvalue weighted by atomic mass is 10.2. The molecule has 2 aromatic rings. The Morgan fingerprint density at radius 1 is 0.686 bits per heavy atom. The van der Waals surface area contributed by atoms with Crippen molar-refractivity contribution in [3.63, 3.8) is 0 Å². The van der Waals surface area contributed by atoms with Gasteiger partial charge in [0.2, 0.25) is 19.7 Å². The molecule has 0 saturated heterocycles. The van der Waals surface area contributed by atoms with Gasteiger partial charge < -0.3 is 9.47 Å². The number of benzene rings is 2. The number of esters is 2. The smallest absolute Gasteiger partial charge is 0.370 e. The minimum Gasteiger partial charge on any atom is -0.464 e. The first kappa shape index (κ1) is 27.5. The number of nitrogens with one attached hydrogen (secondary N) is 2. The summed E-state index contributed by atoms with van der Waals surface area (Å²) in [5.74, 6) is -2.82. The van der Waals surface area contributed by atoms with Crippen LogP contribution in [0.5, 0.6) is 0 Å². The van der Waals surface area contributed by atoms with E-state index in [1.165, 1.54) is 0 Å². The molecule has 14 heteroatoms. The topological polar surface area (TPSA) is 170 Å². The Morgan fingerprint density at radius 3 is 1.29 bits per heavy atom. The largest absolute Gasteiger partial charge is 0.464 e. The summed E-state index contributed by atoms with van der Waals surface area (Å²) >= 11 is 0. The molecule has 2 aromatic carbocycles. The number of carbonyl (C=O) groups excluding carboxylic acids is 2. The average molecular weight is 525 g/mol. The van der Waals surface area contributed by atoms with Crippen molar-refractivity contribution < 1.29 is 35.9 Å². The van der Waals surface area contributed by atoms with Gasteiger partial charge in [0.05, 0.1) is 25.6 Å². The SMILES string of the molecule is COC(=O)/C(=N\Nc1ccc(C)cc1)S(=O)(=O)CS(=O)(=O)/C(=N/Nc1ccc(C)cc1)C(=O)OC. The van der Waals surface area contributed by atoms with Gasteiger partial charge in [0.15, 0.2) is 5.08 Å². The van der Waals surface area contributed by atoms with Gasteiger partial charge in [-0.2, -0.15) is 10.2 Å². The number of anilines is 2. The molecule has 0 aliphatic rings. The van der Waals surface area contributed by atoms with Crippen LogP contribution in [0.3, 0.4) is 0 Å². The number of hydrazone groups is 2. The number of hydrogen-bond acceptors (Lipinski definition) is 12. The maximum Gasteiger partial charge on any atom is 0.370 e. The third-order valence-electron chi connectivity index (χ3n) is 4.30. The molecule has 0 amide bonds.